The van der Waals surface area contributed by atoms with Crippen LogP contribution in [-0.2, 0) is 11.3 Å². The van der Waals surface area contributed by atoms with Crippen molar-refractivity contribution in [1.29, 1.82) is 0 Å². The van der Waals surface area contributed by atoms with Crippen molar-refractivity contribution in [3.63, 3.8) is 0 Å². The molecule has 30 heavy (non-hydrogen) atoms. The predicted molar refractivity (Wildman–Crippen MR) is 125 cm³/mol. The second kappa shape index (κ2) is 9.52. The lowest BCUT2D eigenvalue weighted by atomic mass is 9.93. The highest BCUT2D eigenvalue weighted by Gasteiger charge is 2.29. The molecule has 162 valence electrons. The van der Waals surface area contributed by atoms with Gasteiger partial charge in [-0.05, 0) is 49.7 Å². The quantitative estimate of drug-likeness (QED) is 0.665. The molecule has 0 unspecified atom stereocenters. The second-order valence-electron chi connectivity index (χ2n) is 8.95. The van der Waals surface area contributed by atoms with Crippen molar-refractivity contribution in [2.24, 2.45) is 5.41 Å². The topological polar surface area (TPSA) is 52.7 Å². The summed E-state index contributed by atoms with van der Waals surface area (Å²) in [6, 6.07) is 12.7. The average Bonchev–Trinajstić information content (AvgIpc) is 2.64. The second-order valence-corrected chi connectivity index (χ2v) is 9.36. The Morgan fingerprint density at radius 1 is 1.07 bits per heavy atom. The number of hydrogen-bond donors (Lipinski definition) is 1. The molecule has 0 atom stereocenters. The summed E-state index contributed by atoms with van der Waals surface area (Å²) < 4.78 is 0. The van der Waals surface area contributed by atoms with Gasteiger partial charge in [0.2, 0.25) is 5.91 Å². The van der Waals surface area contributed by atoms with Crippen molar-refractivity contribution in [2.45, 2.75) is 47.2 Å². The zero-order valence-electron chi connectivity index (χ0n) is 18.9. The number of halogens is 1. The van der Waals surface area contributed by atoms with Crippen LogP contribution in [-0.4, -0.2) is 36.9 Å². The minimum Gasteiger partial charge on any atom is -0.377 e. The molecule has 0 saturated carbocycles. The zero-order valence-corrected chi connectivity index (χ0v) is 19.7. The van der Waals surface area contributed by atoms with Gasteiger partial charge in [0.1, 0.15) is 0 Å². The Bertz CT molecular complexity index is 917. The Morgan fingerprint density at radius 2 is 1.70 bits per heavy atom. The molecule has 6 heteroatoms. The van der Waals surface area contributed by atoms with Crippen molar-refractivity contribution in [3.05, 3.63) is 58.6 Å². The summed E-state index contributed by atoms with van der Waals surface area (Å²) in [6.07, 6.45) is 0. The van der Waals surface area contributed by atoms with E-state index in [0.717, 1.165) is 11.3 Å². The van der Waals surface area contributed by atoms with Crippen LogP contribution in [0, 0.1) is 5.41 Å². The van der Waals surface area contributed by atoms with Gasteiger partial charge in [-0.15, -0.1) is 0 Å². The largest absolute Gasteiger partial charge is 0.377 e. The first-order chi connectivity index (χ1) is 13.9. The molecular weight excluding hydrogens is 398 g/mol. The number of amides is 2. The fourth-order valence-corrected chi connectivity index (χ4v) is 3.39. The van der Waals surface area contributed by atoms with Crippen molar-refractivity contribution in [1.82, 2.24) is 4.90 Å². The molecule has 2 aromatic carbocycles. The summed E-state index contributed by atoms with van der Waals surface area (Å²) in [5.74, 6) is -0.177. The number of benzene rings is 2. The first-order valence-electron chi connectivity index (χ1n) is 10.1. The molecule has 0 bridgehead atoms. The minimum atomic E-state index is -0.474. The molecule has 2 amide bonds. The van der Waals surface area contributed by atoms with E-state index in [1.807, 2.05) is 76.7 Å². The predicted octanol–water partition coefficient (Wildman–Crippen LogP) is 5.44. The molecule has 0 spiro atoms. The van der Waals surface area contributed by atoms with E-state index in [1.165, 1.54) is 0 Å². The standard InChI is InChI=1S/C24H32ClN3O2/c1-16(2)28(23(30)24(3,4)5)15-17-14-18(12-13-21(17)27(6)7)26-22(29)19-10-8-9-11-20(19)25/h8-14,16H,15H2,1-7H3,(H,26,29). The molecule has 1 N–H and O–H groups in total. The van der Waals surface area contributed by atoms with Gasteiger partial charge >= 0.3 is 0 Å². The summed E-state index contributed by atoms with van der Waals surface area (Å²) in [7, 11) is 3.93. The van der Waals surface area contributed by atoms with E-state index in [2.05, 4.69) is 5.32 Å². The Labute approximate surface area is 185 Å². The summed E-state index contributed by atoms with van der Waals surface area (Å²) >= 11 is 6.15. The maximum absolute atomic E-state index is 13.0. The van der Waals surface area contributed by atoms with Gasteiger partial charge in [-0.25, -0.2) is 0 Å². The molecule has 0 aromatic heterocycles. The van der Waals surface area contributed by atoms with Crippen molar-refractivity contribution >= 4 is 34.8 Å². The van der Waals surface area contributed by atoms with E-state index in [9.17, 15) is 9.59 Å². The monoisotopic (exact) mass is 429 g/mol. The van der Waals surface area contributed by atoms with Gasteiger partial charge < -0.3 is 15.1 Å². The Morgan fingerprint density at radius 3 is 2.23 bits per heavy atom. The van der Waals surface area contributed by atoms with E-state index in [0.29, 0.717) is 22.8 Å². The van der Waals surface area contributed by atoms with Crippen LogP contribution in [0.4, 0.5) is 11.4 Å². The Balaban J connectivity index is 2.37. The van der Waals surface area contributed by atoms with Gasteiger partial charge in [0.25, 0.3) is 5.91 Å². The van der Waals surface area contributed by atoms with E-state index in [-0.39, 0.29) is 17.9 Å². The first kappa shape index (κ1) is 23.7. The lowest BCUT2D eigenvalue weighted by molar-refractivity contribution is -0.142. The summed E-state index contributed by atoms with van der Waals surface area (Å²) in [5, 5.41) is 3.33. The molecule has 5 nitrogen and oxygen atoms in total. The SMILES string of the molecule is CC(C)N(Cc1cc(NC(=O)c2ccccc2Cl)ccc1N(C)C)C(=O)C(C)(C)C. The van der Waals surface area contributed by atoms with Crippen molar-refractivity contribution < 1.29 is 9.59 Å². The van der Waals surface area contributed by atoms with Crippen LogP contribution in [0.1, 0.15) is 50.5 Å². The van der Waals surface area contributed by atoms with Crippen LogP contribution in [0.25, 0.3) is 0 Å². The van der Waals surface area contributed by atoms with Gasteiger partial charge in [-0.2, -0.15) is 0 Å². The maximum atomic E-state index is 13.0. The zero-order chi connectivity index (χ0) is 22.6. The smallest absolute Gasteiger partial charge is 0.257 e. The first-order valence-corrected chi connectivity index (χ1v) is 10.5. The summed E-state index contributed by atoms with van der Waals surface area (Å²) in [4.78, 5) is 29.6. The molecule has 0 aliphatic rings. The van der Waals surface area contributed by atoms with Crippen LogP contribution in [0.2, 0.25) is 5.02 Å². The lowest BCUT2D eigenvalue weighted by Crippen LogP contribution is -2.43. The van der Waals surface area contributed by atoms with E-state index < -0.39 is 5.41 Å². The van der Waals surface area contributed by atoms with Crippen LogP contribution >= 0.6 is 11.6 Å². The molecule has 0 heterocycles. The van der Waals surface area contributed by atoms with E-state index >= 15 is 0 Å². The minimum absolute atomic E-state index is 0.0492. The fraction of sp³-hybridized carbons (Fsp3) is 0.417. The molecule has 0 radical (unpaired) electrons. The van der Waals surface area contributed by atoms with Gasteiger partial charge in [0, 0.05) is 43.5 Å². The van der Waals surface area contributed by atoms with Gasteiger partial charge in [-0.3, -0.25) is 9.59 Å². The average molecular weight is 430 g/mol. The van der Waals surface area contributed by atoms with Crippen LogP contribution < -0.4 is 10.2 Å². The number of hydrogen-bond acceptors (Lipinski definition) is 3. The molecule has 0 fully saturated rings. The number of nitrogens with zero attached hydrogens (tertiary/aromatic N) is 2. The van der Waals surface area contributed by atoms with E-state index in [4.69, 9.17) is 11.6 Å². The Hall–Kier alpha value is -2.53. The third kappa shape index (κ3) is 5.76. The molecule has 0 aliphatic heterocycles. The van der Waals surface area contributed by atoms with Gasteiger partial charge in [0.05, 0.1) is 10.6 Å². The number of rotatable bonds is 6. The fourth-order valence-electron chi connectivity index (χ4n) is 3.17. The summed E-state index contributed by atoms with van der Waals surface area (Å²) in [6.45, 7) is 10.3. The third-order valence-electron chi connectivity index (χ3n) is 4.80. The molecule has 2 aromatic rings. The molecular formula is C24H32ClN3O2. The van der Waals surface area contributed by atoms with Crippen LogP contribution in [0.3, 0.4) is 0 Å². The number of nitrogens with one attached hydrogen (secondary N) is 1. The normalized spacial score (nSPS) is 11.4. The Kier molecular flexibility index (Phi) is 7.54. The molecule has 0 aliphatic carbocycles. The molecule has 2 rings (SSSR count). The van der Waals surface area contributed by atoms with Gasteiger partial charge in [0.15, 0.2) is 0 Å². The van der Waals surface area contributed by atoms with Crippen LogP contribution in [0.5, 0.6) is 0 Å². The number of anilines is 2. The third-order valence-corrected chi connectivity index (χ3v) is 5.13. The van der Waals surface area contributed by atoms with Crippen molar-refractivity contribution in [3.8, 4) is 0 Å². The number of carbonyl (C=O) groups excluding carboxylic acids is 2. The highest BCUT2D eigenvalue weighted by molar-refractivity contribution is 6.34. The molecule has 0 saturated heterocycles. The highest BCUT2D eigenvalue weighted by atomic mass is 35.5. The van der Waals surface area contributed by atoms with E-state index in [1.54, 1.807) is 24.3 Å². The van der Waals surface area contributed by atoms with Crippen LogP contribution in [0.15, 0.2) is 42.5 Å². The van der Waals surface area contributed by atoms with Gasteiger partial charge in [-0.1, -0.05) is 44.5 Å². The number of carbonyl (C=O) groups is 2. The highest BCUT2D eigenvalue weighted by Crippen LogP contribution is 2.28. The maximum Gasteiger partial charge on any atom is 0.257 e. The van der Waals surface area contributed by atoms with Crippen molar-refractivity contribution in [2.75, 3.05) is 24.3 Å². The lowest BCUT2D eigenvalue weighted by Gasteiger charge is -2.34. The summed E-state index contributed by atoms with van der Waals surface area (Å²) in [5.41, 5.74) is 2.57.